The van der Waals surface area contributed by atoms with Crippen LogP contribution in [0.15, 0.2) is 22.7 Å². The quantitative estimate of drug-likeness (QED) is 0.841. The number of phenolic OH excluding ortho intramolecular Hbond substituents is 1. The summed E-state index contributed by atoms with van der Waals surface area (Å²) in [5.74, 6) is 1.57. The van der Waals surface area contributed by atoms with E-state index in [1.54, 1.807) is 12.1 Å². The van der Waals surface area contributed by atoms with Crippen LogP contribution in [0.25, 0.3) is 0 Å². The SMILES string of the molecule is COc1cc(CNCc2cc(C)on2)cc(OC)c1O. The van der Waals surface area contributed by atoms with E-state index in [1.807, 2.05) is 13.0 Å². The fourth-order valence-electron chi connectivity index (χ4n) is 1.89. The first-order valence-electron chi connectivity index (χ1n) is 6.20. The van der Waals surface area contributed by atoms with Gasteiger partial charge in [0.05, 0.1) is 19.9 Å². The molecule has 0 radical (unpaired) electrons. The number of hydrogen-bond acceptors (Lipinski definition) is 6. The molecule has 6 nitrogen and oxygen atoms in total. The van der Waals surface area contributed by atoms with Gasteiger partial charge in [-0.1, -0.05) is 5.16 Å². The number of hydrogen-bond donors (Lipinski definition) is 2. The standard InChI is InChI=1S/C14H18N2O4/c1-9-4-11(16-20-9)8-15-7-10-5-12(18-2)14(17)13(6-10)19-3/h4-6,15,17H,7-8H2,1-3H3. The highest BCUT2D eigenvalue weighted by molar-refractivity contribution is 5.52. The van der Waals surface area contributed by atoms with Gasteiger partial charge in [-0.15, -0.1) is 0 Å². The predicted octanol–water partition coefficient (Wildman–Crippen LogP) is 2.00. The Hall–Kier alpha value is -2.21. The second-order valence-electron chi connectivity index (χ2n) is 4.38. The molecule has 0 aliphatic heterocycles. The molecule has 1 aromatic heterocycles. The van der Waals surface area contributed by atoms with Gasteiger partial charge >= 0.3 is 0 Å². The first kappa shape index (κ1) is 14.2. The first-order valence-corrected chi connectivity index (χ1v) is 6.20. The number of aromatic hydroxyl groups is 1. The molecule has 0 saturated carbocycles. The summed E-state index contributed by atoms with van der Waals surface area (Å²) in [6, 6.07) is 5.41. The predicted molar refractivity (Wildman–Crippen MR) is 73.0 cm³/mol. The van der Waals surface area contributed by atoms with E-state index in [1.165, 1.54) is 14.2 Å². The summed E-state index contributed by atoms with van der Waals surface area (Å²) in [4.78, 5) is 0. The Balaban J connectivity index is 2.02. The molecule has 0 spiro atoms. The molecule has 0 aliphatic carbocycles. The van der Waals surface area contributed by atoms with Crippen molar-refractivity contribution < 1.29 is 19.1 Å². The molecule has 2 rings (SSSR count). The minimum atomic E-state index is 0.00544. The van der Waals surface area contributed by atoms with Gasteiger partial charge in [-0.3, -0.25) is 0 Å². The number of ether oxygens (including phenoxy) is 2. The molecule has 0 atom stereocenters. The molecule has 0 fully saturated rings. The Morgan fingerprint density at radius 1 is 1.15 bits per heavy atom. The van der Waals surface area contributed by atoms with E-state index in [0.29, 0.717) is 24.6 Å². The Labute approximate surface area is 117 Å². The van der Waals surface area contributed by atoms with Gasteiger partial charge in [0.15, 0.2) is 11.5 Å². The molecule has 2 N–H and O–H groups in total. The van der Waals surface area contributed by atoms with Gasteiger partial charge in [-0.05, 0) is 24.6 Å². The van der Waals surface area contributed by atoms with Gasteiger partial charge in [0.2, 0.25) is 5.75 Å². The lowest BCUT2D eigenvalue weighted by atomic mass is 10.2. The fraction of sp³-hybridized carbons (Fsp3) is 0.357. The zero-order valence-corrected chi connectivity index (χ0v) is 11.8. The maximum atomic E-state index is 9.83. The van der Waals surface area contributed by atoms with E-state index in [0.717, 1.165) is 17.0 Å². The van der Waals surface area contributed by atoms with Crippen LogP contribution in [0.5, 0.6) is 17.2 Å². The minimum absolute atomic E-state index is 0.00544. The maximum Gasteiger partial charge on any atom is 0.200 e. The van der Waals surface area contributed by atoms with Crippen molar-refractivity contribution in [3.63, 3.8) is 0 Å². The molecule has 108 valence electrons. The summed E-state index contributed by atoms with van der Waals surface area (Å²) < 4.78 is 15.2. The molecule has 0 saturated heterocycles. The van der Waals surface area contributed by atoms with E-state index >= 15 is 0 Å². The highest BCUT2D eigenvalue weighted by Crippen LogP contribution is 2.36. The summed E-state index contributed by atoms with van der Waals surface area (Å²) in [6.07, 6.45) is 0. The highest BCUT2D eigenvalue weighted by atomic mass is 16.5. The third kappa shape index (κ3) is 3.21. The van der Waals surface area contributed by atoms with E-state index in [-0.39, 0.29) is 5.75 Å². The average Bonchev–Trinajstić information content (AvgIpc) is 2.86. The molecular formula is C14H18N2O4. The molecule has 0 bridgehead atoms. The van der Waals surface area contributed by atoms with Crippen molar-refractivity contribution in [1.82, 2.24) is 10.5 Å². The van der Waals surface area contributed by atoms with Crippen molar-refractivity contribution in [3.8, 4) is 17.2 Å². The van der Waals surface area contributed by atoms with Crippen molar-refractivity contribution in [2.24, 2.45) is 0 Å². The smallest absolute Gasteiger partial charge is 0.200 e. The van der Waals surface area contributed by atoms with Crippen LogP contribution in [0.1, 0.15) is 17.0 Å². The molecule has 2 aromatic rings. The fourth-order valence-corrected chi connectivity index (χ4v) is 1.89. The Bertz CT molecular complexity index is 555. The van der Waals surface area contributed by atoms with Gasteiger partial charge in [-0.2, -0.15) is 0 Å². The van der Waals surface area contributed by atoms with E-state index in [4.69, 9.17) is 14.0 Å². The van der Waals surface area contributed by atoms with Crippen LogP contribution in [0, 0.1) is 6.92 Å². The van der Waals surface area contributed by atoms with Crippen LogP contribution in [-0.2, 0) is 13.1 Å². The van der Waals surface area contributed by atoms with Crippen LogP contribution in [0.4, 0.5) is 0 Å². The Kier molecular flexibility index (Phi) is 4.47. The van der Waals surface area contributed by atoms with E-state index in [2.05, 4.69) is 10.5 Å². The van der Waals surface area contributed by atoms with Crippen LogP contribution >= 0.6 is 0 Å². The average molecular weight is 278 g/mol. The van der Waals surface area contributed by atoms with Gasteiger partial charge in [-0.25, -0.2) is 0 Å². The second kappa shape index (κ2) is 6.29. The number of aryl methyl sites for hydroxylation is 1. The zero-order valence-electron chi connectivity index (χ0n) is 11.8. The molecule has 0 amide bonds. The first-order chi connectivity index (χ1) is 9.63. The number of rotatable bonds is 6. The lowest BCUT2D eigenvalue weighted by molar-refractivity contribution is 0.339. The largest absolute Gasteiger partial charge is 0.502 e. The van der Waals surface area contributed by atoms with Crippen molar-refractivity contribution >= 4 is 0 Å². The molecule has 6 heteroatoms. The number of nitrogens with one attached hydrogen (secondary N) is 1. The molecule has 0 aliphatic rings. The lowest BCUT2D eigenvalue weighted by Crippen LogP contribution is -2.13. The molecular weight excluding hydrogens is 260 g/mol. The highest BCUT2D eigenvalue weighted by Gasteiger charge is 2.11. The van der Waals surface area contributed by atoms with Crippen LogP contribution in [0.3, 0.4) is 0 Å². The van der Waals surface area contributed by atoms with Crippen molar-refractivity contribution in [3.05, 3.63) is 35.2 Å². The molecule has 20 heavy (non-hydrogen) atoms. The van der Waals surface area contributed by atoms with Gasteiger partial charge in [0.1, 0.15) is 5.76 Å². The summed E-state index contributed by atoms with van der Waals surface area (Å²) in [6.45, 7) is 3.05. The minimum Gasteiger partial charge on any atom is -0.502 e. The summed E-state index contributed by atoms with van der Waals surface area (Å²) in [5, 5.41) is 17.0. The Morgan fingerprint density at radius 2 is 1.80 bits per heavy atom. The van der Waals surface area contributed by atoms with E-state index in [9.17, 15) is 5.11 Å². The van der Waals surface area contributed by atoms with Crippen LogP contribution in [-0.4, -0.2) is 24.5 Å². The number of nitrogens with zero attached hydrogens (tertiary/aromatic N) is 1. The maximum absolute atomic E-state index is 9.83. The zero-order chi connectivity index (χ0) is 14.5. The van der Waals surface area contributed by atoms with Gasteiger partial charge in [0.25, 0.3) is 0 Å². The normalized spacial score (nSPS) is 10.6. The third-order valence-electron chi connectivity index (χ3n) is 2.85. The number of benzene rings is 1. The van der Waals surface area contributed by atoms with Gasteiger partial charge < -0.3 is 24.4 Å². The number of aromatic nitrogens is 1. The molecule has 1 heterocycles. The monoisotopic (exact) mass is 278 g/mol. The van der Waals surface area contributed by atoms with Gasteiger partial charge in [0, 0.05) is 19.2 Å². The summed E-state index contributed by atoms with van der Waals surface area (Å²) in [5.41, 5.74) is 1.79. The van der Waals surface area contributed by atoms with Crippen molar-refractivity contribution in [2.45, 2.75) is 20.0 Å². The third-order valence-corrected chi connectivity index (χ3v) is 2.85. The second-order valence-corrected chi connectivity index (χ2v) is 4.38. The Morgan fingerprint density at radius 3 is 2.30 bits per heavy atom. The summed E-state index contributed by atoms with van der Waals surface area (Å²) in [7, 11) is 3.01. The van der Waals surface area contributed by atoms with Crippen molar-refractivity contribution in [1.29, 1.82) is 0 Å². The number of methoxy groups -OCH3 is 2. The molecule has 1 aromatic carbocycles. The lowest BCUT2D eigenvalue weighted by Gasteiger charge is -2.11. The van der Waals surface area contributed by atoms with E-state index < -0.39 is 0 Å². The topological polar surface area (TPSA) is 76.8 Å². The van der Waals surface area contributed by atoms with Crippen LogP contribution in [0.2, 0.25) is 0 Å². The van der Waals surface area contributed by atoms with Crippen LogP contribution < -0.4 is 14.8 Å². The van der Waals surface area contributed by atoms with Crippen molar-refractivity contribution in [2.75, 3.05) is 14.2 Å². The number of phenols is 1. The molecule has 0 unspecified atom stereocenters. The summed E-state index contributed by atoms with van der Waals surface area (Å²) >= 11 is 0.